The van der Waals surface area contributed by atoms with Gasteiger partial charge in [0.25, 0.3) is 0 Å². The number of carbonyl (C=O) groups excluding carboxylic acids is 3. The molecule has 2 aliphatic rings. The summed E-state index contributed by atoms with van der Waals surface area (Å²) in [7, 11) is 0. The van der Waals surface area contributed by atoms with Crippen LogP contribution in [-0.4, -0.2) is 28.7 Å². The van der Waals surface area contributed by atoms with Crippen molar-refractivity contribution in [3.05, 3.63) is 47.3 Å². The molecule has 3 amide bonds. The van der Waals surface area contributed by atoms with E-state index in [0.29, 0.717) is 18.9 Å². The van der Waals surface area contributed by atoms with E-state index in [2.05, 4.69) is 5.32 Å². The lowest BCUT2D eigenvalue weighted by atomic mass is 9.85. The van der Waals surface area contributed by atoms with Crippen LogP contribution in [0, 0.1) is 23.6 Å². The molecule has 0 radical (unpaired) electrons. The molecule has 1 aliphatic carbocycles. The molecule has 1 aromatic rings. The number of hydrogen-bond donors (Lipinski definition) is 1. The van der Waals surface area contributed by atoms with Crippen LogP contribution in [0.5, 0.6) is 0 Å². The second-order valence-electron chi connectivity index (χ2n) is 8.36. The van der Waals surface area contributed by atoms with Crippen LogP contribution >= 0.6 is 0 Å². The first kappa shape index (κ1) is 23.0. The smallest absolute Gasteiger partial charge is 0.350 e. The van der Waals surface area contributed by atoms with E-state index in [0.717, 1.165) is 17.0 Å². The zero-order valence-electron chi connectivity index (χ0n) is 17.2. The Bertz CT molecular complexity index is 885. The minimum absolute atomic E-state index is 0.0475. The van der Waals surface area contributed by atoms with Gasteiger partial charge in [-0.2, -0.15) is 13.2 Å². The van der Waals surface area contributed by atoms with Crippen molar-refractivity contribution in [3.63, 3.8) is 0 Å². The van der Waals surface area contributed by atoms with E-state index < -0.39 is 59.7 Å². The number of rotatable bonds is 6. The predicted octanol–water partition coefficient (Wildman–Crippen LogP) is 3.83. The third kappa shape index (κ3) is 4.80. The topological polar surface area (TPSA) is 66.5 Å². The first-order valence-electron chi connectivity index (χ1n) is 10.2. The van der Waals surface area contributed by atoms with Crippen molar-refractivity contribution in [1.29, 1.82) is 0 Å². The summed E-state index contributed by atoms with van der Waals surface area (Å²) in [6.45, 7) is 3.14. The molecule has 1 heterocycles. The standard InChI is InChI=1S/C22H24F4N2O3/c1-12(2)9-18(28-20(30)15-5-3-4-6-16(15)21(28)31)19(29)27-11-13-7-8-14(23)10-17(13)22(24,25)26/h3-4,7-8,10,12,15-16,18H,5-6,9,11H2,1-2H3,(H,27,29). The molecule has 3 rings (SSSR count). The van der Waals surface area contributed by atoms with Gasteiger partial charge in [0.2, 0.25) is 17.7 Å². The van der Waals surface area contributed by atoms with Crippen LogP contribution in [-0.2, 0) is 27.1 Å². The number of carbonyl (C=O) groups is 3. The summed E-state index contributed by atoms with van der Waals surface area (Å²) < 4.78 is 53.0. The van der Waals surface area contributed by atoms with E-state index in [1.807, 2.05) is 26.0 Å². The van der Waals surface area contributed by atoms with Crippen LogP contribution in [0.3, 0.4) is 0 Å². The Morgan fingerprint density at radius 2 is 1.71 bits per heavy atom. The Kier molecular flexibility index (Phi) is 6.52. The highest BCUT2D eigenvalue weighted by atomic mass is 19.4. The number of allylic oxidation sites excluding steroid dienone is 2. The molecule has 1 aliphatic heterocycles. The van der Waals surface area contributed by atoms with Gasteiger partial charge >= 0.3 is 6.18 Å². The second-order valence-corrected chi connectivity index (χ2v) is 8.36. The summed E-state index contributed by atoms with van der Waals surface area (Å²) in [5.74, 6) is -3.64. The Hall–Kier alpha value is -2.71. The molecule has 0 aromatic heterocycles. The van der Waals surface area contributed by atoms with Gasteiger partial charge in [0.05, 0.1) is 17.4 Å². The number of fused-ring (bicyclic) bond motifs is 1. The number of halogens is 4. The molecule has 1 saturated heterocycles. The average molecular weight is 440 g/mol. The molecule has 1 aromatic carbocycles. The molecule has 3 unspecified atom stereocenters. The predicted molar refractivity (Wildman–Crippen MR) is 104 cm³/mol. The van der Waals surface area contributed by atoms with Crippen LogP contribution in [0.2, 0.25) is 0 Å². The molecule has 3 atom stereocenters. The van der Waals surface area contributed by atoms with Crippen molar-refractivity contribution in [2.24, 2.45) is 17.8 Å². The fourth-order valence-corrected chi connectivity index (χ4v) is 4.18. The highest BCUT2D eigenvalue weighted by Crippen LogP contribution is 2.37. The number of nitrogens with one attached hydrogen (secondary N) is 1. The van der Waals surface area contributed by atoms with Crippen molar-refractivity contribution >= 4 is 17.7 Å². The van der Waals surface area contributed by atoms with Gasteiger partial charge in [-0.05, 0) is 42.9 Å². The van der Waals surface area contributed by atoms with Gasteiger partial charge in [0, 0.05) is 6.54 Å². The molecule has 9 heteroatoms. The first-order chi connectivity index (χ1) is 14.5. The van der Waals surface area contributed by atoms with Gasteiger partial charge in [-0.1, -0.05) is 32.1 Å². The van der Waals surface area contributed by atoms with Gasteiger partial charge in [0.15, 0.2) is 0 Å². The van der Waals surface area contributed by atoms with E-state index in [9.17, 15) is 31.9 Å². The van der Waals surface area contributed by atoms with Gasteiger partial charge in [-0.3, -0.25) is 19.3 Å². The van der Waals surface area contributed by atoms with Gasteiger partial charge < -0.3 is 5.32 Å². The number of nitrogens with zero attached hydrogens (tertiary/aromatic N) is 1. The summed E-state index contributed by atoms with van der Waals surface area (Å²) in [5.41, 5.74) is -1.49. The number of benzene rings is 1. The number of likely N-dealkylation sites (tertiary alicyclic amines) is 1. The van der Waals surface area contributed by atoms with Gasteiger partial charge in [-0.15, -0.1) is 0 Å². The molecule has 168 valence electrons. The number of imide groups is 1. The number of hydrogen-bond acceptors (Lipinski definition) is 3. The highest BCUT2D eigenvalue weighted by Gasteiger charge is 2.51. The zero-order chi connectivity index (χ0) is 22.9. The number of amides is 3. The summed E-state index contributed by atoms with van der Waals surface area (Å²) in [6, 6.07) is 1.11. The minimum Gasteiger partial charge on any atom is -0.350 e. The second kappa shape index (κ2) is 8.80. The Balaban J connectivity index is 1.81. The van der Waals surface area contributed by atoms with Crippen LogP contribution in [0.25, 0.3) is 0 Å². The van der Waals surface area contributed by atoms with Crippen molar-refractivity contribution in [1.82, 2.24) is 10.2 Å². The fraction of sp³-hybridized carbons (Fsp3) is 0.500. The maximum absolute atomic E-state index is 13.3. The Morgan fingerprint density at radius 3 is 2.23 bits per heavy atom. The molecule has 0 saturated carbocycles. The first-order valence-corrected chi connectivity index (χ1v) is 10.2. The lowest BCUT2D eigenvalue weighted by Crippen LogP contribution is -2.50. The fourth-order valence-electron chi connectivity index (χ4n) is 4.18. The third-order valence-corrected chi connectivity index (χ3v) is 5.68. The largest absolute Gasteiger partial charge is 0.416 e. The minimum atomic E-state index is -4.79. The molecular weight excluding hydrogens is 416 g/mol. The summed E-state index contributed by atoms with van der Waals surface area (Å²) in [6.07, 6.45) is -0.0888. The van der Waals surface area contributed by atoms with Crippen molar-refractivity contribution in [2.45, 2.75) is 51.9 Å². The van der Waals surface area contributed by atoms with Crippen LogP contribution in [0.1, 0.15) is 44.2 Å². The summed E-state index contributed by atoms with van der Waals surface area (Å²) >= 11 is 0. The van der Waals surface area contributed by atoms with E-state index in [4.69, 9.17) is 0 Å². The zero-order valence-corrected chi connectivity index (χ0v) is 17.2. The molecular formula is C22H24F4N2O3. The monoisotopic (exact) mass is 440 g/mol. The highest BCUT2D eigenvalue weighted by molar-refractivity contribution is 6.08. The van der Waals surface area contributed by atoms with Gasteiger partial charge in [0.1, 0.15) is 11.9 Å². The van der Waals surface area contributed by atoms with Crippen LogP contribution in [0.15, 0.2) is 30.4 Å². The number of alkyl halides is 3. The quantitative estimate of drug-likeness (QED) is 0.416. The summed E-state index contributed by atoms with van der Waals surface area (Å²) in [5, 5.41) is 2.41. The molecule has 1 N–H and O–H groups in total. The third-order valence-electron chi connectivity index (χ3n) is 5.68. The van der Waals surface area contributed by atoms with E-state index in [-0.39, 0.29) is 17.9 Å². The summed E-state index contributed by atoms with van der Waals surface area (Å²) in [4.78, 5) is 39.7. The molecule has 0 bridgehead atoms. The Labute approximate surface area is 177 Å². The Morgan fingerprint density at radius 1 is 1.13 bits per heavy atom. The van der Waals surface area contributed by atoms with Crippen LogP contribution in [0.4, 0.5) is 17.6 Å². The average Bonchev–Trinajstić information content (AvgIpc) is 2.95. The van der Waals surface area contributed by atoms with Crippen molar-refractivity contribution in [2.75, 3.05) is 0 Å². The van der Waals surface area contributed by atoms with Crippen molar-refractivity contribution in [3.8, 4) is 0 Å². The molecule has 31 heavy (non-hydrogen) atoms. The normalized spacial score (nSPS) is 22.1. The maximum Gasteiger partial charge on any atom is 0.416 e. The molecule has 5 nitrogen and oxygen atoms in total. The van der Waals surface area contributed by atoms with Crippen LogP contribution < -0.4 is 5.32 Å². The maximum atomic E-state index is 13.3. The van der Waals surface area contributed by atoms with E-state index >= 15 is 0 Å². The van der Waals surface area contributed by atoms with E-state index in [1.165, 1.54) is 0 Å². The molecule has 1 fully saturated rings. The SMILES string of the molecule is CC(C)CC(C(=O)NCc1ccc(F)cc1C(F)(F)F)N1C(=O)C2CC=CCC2C1=O. The lowest BCUT2D eigenvalue weighted by molar-refractivity contribution is -0.148. The van der Waals surface area contributed by atoms with Crippen molar-refractivity contribution < 1.29 is 31.9 Å². The van der Waals surface area contributed by atoms with E-state index in [1.54, 1.807) is 0 Å². The van der Waals surface area contributed by atoms with Gasteiger partial charge in [-0.25, -0.2) is 4.39 Å². The molecule has 0 spiro atoms. The lowest BCUT2D eigenvalue weighted by Gasteiger charge is -2.27.